The van der Waals surface area contributed by atoms with Crippen LogP contribution in [0.2, 0.25) is 0 Å². The normalized spacial score (nSPS) is 11.4. The van der Waals surface area contributed by atoms with E-state index in [1.54, 1.807) is 55.6 Å². The molecule has 0 radical (unpaired) electrons. The fourth-order valence-electron chi connectivity index (χ4n) is 2.96. The van der Waals surface area contributed by atoms with Crippen molar-refractivity contribution in [2.45, 2.75) is 13.2 Å². The molecule has 0 amide bonds. The Bertz CT molecular complexity index is 1130. The number of aromatic amines is 1. The van der Waals surface area contributed by atoms with Gasteiger partial charge in [0.1, 0.15) is 18.1 Å². The van der Waals surface area contributed by atoms with E-state index in [1.165, 1.54) is 0 Å². The highest BCUT2D eigenvalue weighted by Gasteiger charge is 2.19. The van der Waals surface area contributed by atoms with Crippen LogP contribution in [-0.4, -0.2) is 27.6 Å². The SMILES string of the molecule is COc1ccc2cc(C(=O)OCc3nc4ccccc4n3C(F)F)[nH]c2c1. The van der Waals surface area contributed by atoms with E-state index in [0.29, 0.717) is 16.8 Å². The Balaban J connectivity index is 1.57. The van der Waals surface area contributed by atoms with Crippen LogP contribution in [0.25, 0.3) is 21.9 Å². The Labute approximate surface area is 152 Å². The predicted octanol–water partition coefficient (Wildman–Crippen LogP) is 4.28. The molecule has 6 nitrogen and oxygen atoms in total. The average molecular weight is 371 g/mol. The van der Waals surface area contributed by atoms with Crippen molar-refractivity contribution in [2.24, 2.45) is 0 Å². The number of carbonyl (C=O) groups is 1. The zero-order valence-corrected chi connectivity index (χ0v) is 14.3. The summed E-state index contributed by atoms with van der Waals surface area (Å²) in [6.45, 7) is -3.15. The number of fused-ring (bicyclic) bond motifs is 2. The van der Waals surface area contributed by atoms with Crippen molar-refractivity contribution in [3.8, 4) is 5.75 Å². The number of carbonyl (C=O) groups excluding carboxylic acids is 1. The molecule has 0 saturated carbocycles. The summed E-state index contributed by atoms with van der Waals surface area (Å²) in [6.07, 6.45) is 0. The summed E-state index contributed by atoms with van der Waals surface area (Å²) in [5.74, 6) is -0.0229. The third-order valence-electron chi connectivity index (χ3n) is 4.25. The molecule has 0 saturated heterocycles. The van der Waals surface area contributed by atoms with Crippen molar-refractivity contribution in [3.63, 3.8) is 0 Å². The highest BCUT2D eigenvalue weighted by Crippen LogP contribution is 2.24. The Morgan fingerprint density at radius 3 is 2.81 bits per heavy atom. The number of halogens is 2. The van der Waals surface area contributed by atoms with Crippen molar-refractivity contribution >= 4 is 27.9 Å². The molecule has 2 aromatic carbocycles. The maximum absolute atomic E-state index is 13.4. The summed E-state index contributed by atoms with van der Waals surface area (Å²) >= 11 is 0. The molecular weight excluding hydrogens is 356 g/mol. The molecular formula is C19H15F2N3O3. The maximum atomic E-state index is 13.4. The van der Waals surface area contributed by atoms with Crippen LogP contribution in [0.3, 0.4) is 0 Å². The van der Waals surface area contributed by atoms with E-state index in [4.69, 9.17) is 9.47 Å². The van der Waals surface area contributed by atoms with Gasteiger partial charge in [0, 0.05) is 17.0 Å². The summed E-state index contributed by atoms with van der Waals surface area (Å²) in [4.78, 5) is 19.4. The van der Waals surface area contributed by atoms with Crippen molar-refractivity contribution in [2.75, 3.05) is 7.11 Å². The first-order valence-corrected chi connectivity index (χ1v) is 8.14. The summed E-state index contributed by atoms with van der Waals surface area (Å²) in [6, 6.07) is 13.5. The van der Waals surface area contributed by atoms with E-state index in [-0.39, 0.29) is 23.6 Å². The van der Waals surface area contributed by atoms with Gasteiger partial charge in [-0.3, -0.25) is 4.57 Å². The van der Waals surface area contributed by atoms with Crippen LogP contribution in [-0.2, 0) is 11.3 Å². The van der Waals surface area contributed by atoms with E-state index in [0.717, 1.165) is 9.95 Å². The molecule has 0 fully saturated rings. The first kappa shape index (κ1) is 17.0. The number of alkyl halides is 2. The molecule has 138 valence electrons. The van der Waals surface area contributed by atoms with Gasteiger partial charge in [-0.2, -0.15) is 8.78 Å². The van der Waals surface area contributed by atoms with Gasteiger partial charge in [-0.05, 0) is 30.3 Å². The molecule has 2 heterocycles. The standard InChI is InChI=1S/C19H15F2N3O3/c1-26-12-7-6-11-8-15(22-14(11)9-12)18(25)27-10-17-23-13-4-2-3-5-16(13)24(17)19(20)21/h2-9,19,22H,10H2,1H3. The molecule has 0 unspecified atom stereocenters. The number of benzene rings is 2. The van der Waals surface area contributed by atoms with Gasteiger partial charge in [0.15, 0.2) is 5.82 Å². The van der Waals surface area contributed by atoms with E-state index >= 15 is 0 Å². The average Bonchev–Trinajstić information content (AvgIpc) is 3.26. The second-order valence-corrected chi connectivity index (χ2v) is 5.88. The smallest absolute Gasteiger partial charge is 0.355 e. The first-order chi connectivity index (χ1) is 13.1. The minimum Gasteiger partial charge on any atom is -0.497 e. The highest BCUT2D eigenvalue weighted by atomic mass is 19.3. The van der Waals surface area contributed by atoms with Crippen LogP contribution in [0.5, 0.6) is 5.75 Å². The number of ether oxygens (including phenoxy) is 2. The highest BCUT2D eigenvalue weighted by molar-refractivity contribution is 5.95. The zero-order chi connectivity index (χ0) is 19.0. The Morgan fingerprint density at radius 2 is 2.04 bits per heavy atom. The molecule has 8 heteroatoms. The van der Waals surface area contributed by atoms with Gasteiger partial charge in [-0.25, -0.2) is 9.78 Å². The third kappa shape index (κ3) is 3.10. The number of imidazole rings is 1. The van der Waals surface area contributed by atoms with Gasteiger partial charge in [0.25, 0.3) is 0 Å². The van der Waals surface area contributed by atoms with Crippen LogP contribution in [0.4, 0.5) is 8.78 Å². The van der Waals surface area contributed by atoms with Crippen LogP contribution in [0.1, 0.15) is 22.9 Å². The van der Waals surface area contributed by atoms with Crippen molar-refractivity contribution in [1.29, 1.82) is 0 Å². The van der Waals surface area contributed by atoms with Gasteiger partial charge < -0.3 is 14.5 Å². The third-order valence-corrected chi connectivity index (χ3v) is 4.25. The number of methoxy groups -OCH3 is 1. The Morgan fingerprint density at radius 1 is 1.22 bits per heavy atom. The summed E-state index contributed by atoms with van der Waals surface area (Å²) in [7, 11) is 1.55. The monoisotopic (exact) mass is 371 g/mol. The van der Waals surface area contributed by atoms with E-state index in [1.807, 2.05) is 0 Å². The van der Waals surface area contributed by atoms with Crippen LogP contribution < -0.4 is 4.74 Å². The largest absolute Gasteiger partial charge is 0.497 e. The fourth-order valence-corrected chi connectivity index (χ4v) is 2.96. The Kier molecular flexibility index (Phi) is 4.23. The van der Waals surface area contributed by atoms with Crippen LogP contribution in [0.15, 0.2) is 48.5 Å². The molecule has 4 rings (SSSR count). The molecule has 1 N–H and O–H groups in total. The molecule has 0 aliphatic rings. The number of para-hydroxylation sites is 2. The summed E-state index contributed by atoms with van der Waals surface area (Å²) < 4.78 is 37.9. The Hall–Kier alpha value is -3.42. The first-order valence-electron chi connectivity index (χ1n) is 8.14. The van der Waals surface area contributed by atoms with E-state index < -0.39 is 12.5 Å². The maximum Gasteiger partial charge on any atom is 0.355 e. The number of nitrogens with zero attached hydrogens (tertiary/aromatic N) is 2. The van der Waals surface area contributed by atoms with Crippen molar-refractivity contribution in [3.05, 3.63) is 60.0 Å². The molecule has 0 spiro atoms. The minimum absolute atomic E-state index is 0.0164. The number of nitrogens with one attached hydrogen (secondary N) is 1. The van der Waals surface area contributed by atoms with Gasteiger partial charge >= 0.3 is 12.5 Å². The van der Waals surface area contributed by atoms with Crippen molar-refractivity contribution in [1.82, 2.24) is 14.5 Å². The number of hydrogen-bond acceptors (Lipinski definition) is 4. The topological polar surface area (TPSA) is 69.1 Å². The number of hydrogen-bond donors (Lipinski definition) is 1. The number of H-pyrrole nitrogens is 1. The lowest BCUT2D eigenvalue weighted by Gasteiger charge is -2.08. The second-order valence-electron chi connectivity index (χ2n) is 5.88. The van der Waals surface area contributed by atoms with Gasteiger partial charge in [0.2, 0.25) is 0 Å². The minimum atomic E-state index is -2.79. The molecule has 27 heavy (non-hydrogen) atoms. The number of aromatic nitrogens is 3. The van der Waals surface area contributed by atoms with Crippen LogP contribution >= 0.6 is 0 Å². The molecule has 0 aliphatic heterocycles. The lowest BCUT2D eigenvalue weighted by atomic mass is 10.2. The molecule has 0 atom stereocenters. The summed E-state index contributed by atoms with van der Waals surface area (Å²) in [5.41, 5.74) is 1.64. The molecule has 4 aromatic rings. The van der Waals surface area contributed by atoms with Crippen molar-refractivity contribution < 1.29 is 23.0 Å². The van der Waals surface area contributed by atoms with E-state index in [9.17, 15) is 13.6 Å². The van der Waals surface area contributed by atoms with Crippen LogP contribution in [0, 0.1) is 0 Å². The molecule has 0 bridgehead atoms. The number of esters is 1. The lowest BCUT2D eigenvalue weighted by molar-refractivity contribution is 0.0383. The molecule has 2 aromatic heterocycles. The van der Waals surface area contributed by atoms with Gasteiger partial charge in [-0.1, -0.05) is 12.1 Å². The zero-order valence-electron chi connectivity index (χ0n) is 14.3. The fraction of sp³-hybridized carbons (Fsp3) is 0.158. The number of rotatable bonds is 5. The predicted molar refractivity (Wildman–Crippen MR) is 95.0 cm³/mol. The second kappa shape index (κ2) is 6.71. The molecule has 0 aliphatic carbocycles. The lowest BCUT2D eigenvalue weighted by Crippen LogP contribution is -2.10. The quantitative estimate of drug-likeness (QED) is 0.532. The van der Waals surface area contributed by atoms with Gasteiger partial charge in [0.05, 0.1) is 18.1 Å². The van der Waals surface area contributed by atoms with Gasteiger partial charge in [-0.15, -0.1) is 0 Å². The van der Waals surface area contributed by atoms with E-state index in [2.05, 4.69) is 9.97 Å². The summed E-state index contributed by atoms with van der Waals surface area (Å²) in [5, 5.41) is 0.808.